The van der Waals surface area contributed by atoms with Gasteiger partial charge in [0.25, 0.3) is 0 Å². The van der Waals surface area contributed by atoms with Crippen molar-refractivity contribution in [3.8, 4) is 0 Å². The Morgan fingerprint density at radius 3 is 2.81 bits per heavy atom. The minimum atomic E-state index is 0.508. The molecular weight excluding hydrogens is 400 g/mol. The van der Waals surface area contributed by atoms with Crippen molar-refractivity contribution < 1.29 is 0 Å². The van der Waals surface area contributed by atoms with Crippen LogP contribution in [-0.4, -0.2) is 52.2 Å². The third-order valence-electron chi connectivity index (χ3n) is 5.83. The first-order chi connectivity index (χ1) is 15.7. The maximum Gasteiger partial charge on any atom is 0.229 e. The standard InChI is InChI=1S/C24H28N8/c1-17-15-31(13-11-26-17)21-7-5-20(6-8-21)29-24-28-14-18-9-12-32(23(18)30-24)16-19-4-3-10-27-22(19)25-2/h3-10,12,14,17,26H,11,13,15-16H2,1-2H3,(H,25,27)(H,28,29,30). The van der Waals surface area contributed by atoms with Crippen molar-refractivity contribution in [3.63, 3.8) is 0 Å². The van der Waals surface area contributed by atoms with Crippen LogP contribution < -0.4 is 20.9 Å². The van der Waals surface area contributed by atoms with Crippen LogP contribution in [0.1, 0.15) is 12.5 Å². The molecule has 1 atom stereocenters. The van der Waals surface area contributed by atoms with Gasteiger partial charge in [0.15, 0.2) is 0 Å². The molecule has 4 heterocycles. The van der Waals surface area contributed by atoms with Gasteiger partial charge in [-0.1, -0.05) is 6.07 Å². The molecule has 1 aliphatic rings. The summed E-state index contributed by atoms with van der Waals surface area (Å²) in [7, 11) is 1.89. The lowest BCUT2D eigenvalue weighted by molar-refractivity contribution is 0.485. The van der Waals surface area contributed by atoms with E-state index in [1.54, 1.807) is 6.20 Å². The van der Waals surface area contributed by atoms with Gasteiger partial charge in [-0.15, -0.1) is 0 Å². The van der Waals surface area contributed by atoms with Crippen LogP contribution in [0.3, 0.4) is 0 Å². The molecule has 8 nitrogen and oxygen atoms in total. The fraction of sp³-hybridized carbons (Fsp3) is 0.292. The molecule has 1 aliphatic heterocycles. The molecule has 8 heteroatoms. The summed E-state index contributed by atoms with van der Waals surface area (Å²) in [5, 5.41) is 11.0. The zero-order valence-electron chi connectivity index (χ0n) is 18.4. The summed E-state index contributed by atoms with van der Waals surface area (Å²) in [5.41, 5.74) is 4.21. The first-order valence-electron chi connectivity index (χ1n) is 11.0. The summed E-state index contributed by atoms with van der Waals surface area (Å²) in [6.07, 6.45) is 5.69. The van der Waals surface area contributed by atoms with Gasteiger partial charge in [-0.05, 0) is 43.3 Å². The van der Waals surface area contributed by atoms with Gasteiger partial charge in [0.2, 0.25) is 5.95 Å². The van der Waals surface area contributed by atoms with E-state index in [1.165, 1.54) is 5.69 Å². The van der Waals surface area contributed by atoms with Gasteiger partial charge in [0.05, 0.1) is 6.54 Å². The van der Waals surface area contributed by atoms with Crippen LogP contribution in [0.25, 0.3) is 11.0 Å². The van der Waals surface area contributed by atoms with Gasteiger partial charge in [-0.3, -0.25) is 0 Å². The minimum Gasteiger partial charge on any atom is -0.373 e. The van der Waals surface area contributed by atoms with Crippen LogP contribution in [0.15, 0.2) is 61.1 Å². The number of nitrogens with one attached hydrogen (secondary N) is 3. The number of anilines is 4. The van der Waals surface area contributed by atoms with E-state index in [0.717, 1.165) is 47.7 Å². The van der Waals surface area contributed by atoms with E-state index in [2.05, 4.69) is 72.6 Å². The number of fused-ring (bicyclic) bond motifs is 1. The third kappa shape index (κ3) is 4.22. The first-order valence-corrected chi connectivity index (χ1v) is 11.0. The zero-order valence-corrected chi connectivity index (χ0v) is 18.4. The molecule has 0 bridgehead atoms. The predicted molar refractivity (Wildman–Crippen MR) is 130 cm³/mol. The molecule has 164 valence electrons. The molecular formula is C24H28N8. The van der Waals surface area contributed by atoms with E-state index in [4.69, 9.17) is 4.98 Å². The van der Waals surface area contributed by atoms with Crippen LogP contribution in [0, 0.1) is 0 Å². The number of benzene rings is 1. The Labute approximate surface area is 187 Å². The number of aromatic nitrogens is 4. The van der Waals surface area contributed by atoms with E-state index >= 15 is 0 Å². The maximum atomic E-state index is 4.79. The molecule has 5 rings (SSSR count). The Balaban J connectivity index is 1.34. The Kier molecular flexibility index (Phi) is 5.60. The summed E-state index contributed by atoms with van der Waals surface area (Å²) in [6, 6.07) is 15.1. The topological polar surface area (TPSA) is 82.9 Å². The molecule has 0 radical (unpaired) electrons. The zero-order chi connectivity index (χ0) is 21.9. The van der Waals surface area contributed by atoms with Crippen molar-refractivity contribution in [2.24, 2.45) is 0 Å². The third-order valence-corrected chi connectivity index (χ3v) is 5.83. The van der Waals surface area contributed by atoms with E-state index in [0.29, 0.717) is 18.5 Å². The van der Waals surface area contributed by atoms with E-state index in [-0.39, 0.29) is 0 Å². The highest BCUT2D eigenvalue weighted by atomic mass is 15.2. The molecule has 3 aromatic heterocycles. The second-order valence-electron chi connectivity index (χ2n) is 8.15. The first kappa shape index (κ1) is 20.3. The number of hydrogen-bond acceptors (Lipinski definition) is 7. The molecule has 1 fully saturated rings. The van der Waals surface area contributed by atoms with Crippen LogP contribution in [0.2, 0.25) is 0 Å². The summed E-state index contributed by atoms with van der Waals surface area (Å²) >= 11 is 0. The normalized spacial score (nSPS) is 16.3. The largest absolute Gasteiger partial charge is 0.373 e. The maximum absolute atomic E-state index is 4.79. The van der Waals surface area contributed by atoms with Crippen LogP contribution in [0.5, 0.6) is 0 Å². The lowest BCUT2D eigenvalue weighted by atomic mass is 10.2. The Morgan fingerprint density at radius 1 is 1.12 bits per heavy atom. The molecule has 0 saturated carbocycles. The van der Waals surface area contributed by atoms with Gasteiger partial charge in [-0.2, -0.15) is 4.98 Å². The molecule has 4 aromatic rings. The monoisotopic (exact) mass is 428 g/mol. The Hall–Kier alpha value is -3.65. The van der Waals surface area contributed by atoms with E-state index in [9.17, 15) is 0 Å². The van der Waals surface area contributed by atoms with E-state index in [1.807, 2.05) is 31.6 Å². The molecule has 0 aliphatic carbocycles. The minimum absolute atomic E-state index is 0.508. The number of nitrogens with zero attached hydrogens (tertiary/aromatic N) is 5. The van der Waals surface area contributed by atoms with Crippen molar-refractivity contribution in [3.05, 3.63) is 66.6 Å². The Morgan fingerprint density at radius 2 is 2.00 bits per heavy atom. The second kappa shape index (κ2) is 8.84. The van der Waals surface area contributed by atoms with Crippen molar-refractivity contribution >= 4 is 34.2 Å². The highest BCUT2D eigenvalue weighted by molar-refractivity contribution is 5.77. The number of hydrogen-bond donors (Lipinski definition) is 3. The van der Waals surface area contributed by atoms with Crippen molar-refractivity contribution in [1.29, 1.82) is 0 Å². The smallest absolute Gasteiger partial charge is 0.229 e. The summed E-state index contributed by atoms with van der Waals surface area (Å²) < 4.78 is 2.12. The number of piperazine rings is 1. The average Bonchev–Trinajstić information content (AvgIpc) is 3.22. The summed E-state index contributed by atoms with van der Waals surface area (Å²) in [4.78, 5) is 16.1. The van der Waals surface area contributed by atoms with Gasteiger partial charge < -0.3 is 25.4 Å². The fourth-order valence-electron chi connectivity index (χ4n) is 4.18. The van der Waals surface area contributed by atoms with Crippen LogP contribution in [-0.2, 0) is 6.54 Å². The average molecular weight is 429 g/mol. The molecule has 0 spiro atoms. The lowest BCUT2D eigenvalue weighted by Crippen LogP contribution is -2.49. The molecule has 3 N–H and O–H groups in total. The van der Waals surface area contributed by atoms with Crippen molar-refractivity contribution in [2.45, 2.75) is 19.5 Å². The quantitative estimate of drug-likeness (QED) is 0.434. The molecule has 1 aromatic carbocycles. The van der Waals surface area contributed by atoms with Crippen LogP contribution >= 0.6 is 0 Å². The van der Waals surface area contributed by atoms with Crippen LogP contribution in [0.4, 0.5) is 23.1 Å². The fourth-order valence-corrected chi connectivity index (χ4v) is 4.18. The summed E-state index contributed by atoms with van der Waals surface area (Å²) in [6.45, 7) is 5.97. The molecule has 1 unspecified atom stereocenters. The van der Waals surface area contributed by atoms with E-state index < -0.39 is 0 Å². The lowest BCUT2D eigenvalue weighted by Gasteiger charge is -2.33. The predicted octanol–water partition coefficient (Wildman–Crippen LogP) is 3.46. The van der Waals surface area contributed by atoms with Crippen molar-refractivity contribution in [1.82, 2.24) is 24.8 Å². The highest BCUT2D eigenvalue weighted by Crippen LogP contribution is 2.23. The van der Waals surface area contributed by atoms with Crippen molar-refractivity contribution in [2.75, 3.05) is 42.2 Å². The number of pyridine rings is 1. The highest BCUT2D eigenvalue weighted by Gasteiger charge is 2.16. The molecule has 32 heavy (non-hydrogen) atoms. The number of rotatable bonds is 6. The van der Waals surface area contributed by atoms with Gasteiger partial charge in [0.1, 0.15) is 11.5 Å². The SMILES string of the molecule is CNc1ncccc1Cn1ccc2cnc(Nc3ccc(N4CCNC(C)C4)cc3)nc21. The van der Waals surface area contributed by atoms with Gasteiger partial charge >= 0.3 is 0 Å². The summed E-state index contributed by atoms with van der Waals surface area (Å²) in [5.74, 6) is 1.46. The second-order valence-corrected chi connectivity index (χ2v) is 8.15. The van der Waals surface area contributed by atoms with Gasteiger partial charge in [-0.25, -0.2) is 9.97 Å². The van der Waals surface area contributed by atoms with Gasteiger partial charge in [0, 0.05) is 73.6 Å². The molecule has 1 saturated heterocycles. The molecule has 0 amide bonds. The Bertz CT molecular complexity index is 1200.